The second kappa shape index (κ2) is 7.41. The Morgan fingerprint density at radius 3 is 2.22 bits per heavy atom. The Labute approximate surface area is 155 Å². The summed E-state index contributed by atoms with van der Waals surface area (Å²) in [6.45, 7) is 1.36. The number of carbonyl (C=O) groups excluding carboxylic acids is 2. The van der Waals surface area contributed by atoms with Gasteiger partial charge in [-0.3, -0.25) is 9.59 Å². The van der Waals surface area contributed by atoms with E-state index in [1.54, 1.807) is 36.4 Å². The van der Waals surface area contributed by atoms with E-state index in [9.17, 15) is 9.59 Å². The third-order valence-corrected chi connectivity index (χ3v) is 4.05. The number of anilines is 1. The van der Waals surface area contributed by atoms with Crippen molar-refractivity contribution in [1.82, 2.24) is 0 Å². The van der Waals surface area contributed by atoms with E-state index in [1.165, 1.54) is 28.3 Å². The second-order valence-electron chi connectivity index (χ2n) is 5.74. The normalized spacial score (nSPS) is 10.5. The third-order valence-electron chi connectivity index (χ3n) is 4.05. The minimum Gasteiger partial charge on any atom is -0.497 e. The Bertz CT molecular complexity index is 1020. The second-order valence-corrected chi connectivity index (χ2v) is 5.74. The van der Waals surface area contributed by atoms with Gasteiger partial charge in [0.1, 0.15) is 22.8 Å². The zero-order chi connectivity index (χ0) is 19.6. The van der Waals surface area contributed by atoms with Gasteiger partial charge in [-0.1, -0.05) is 0 Å². The minimum atomic E-state index is -0.440. The molecule has 1 heterocycles. The molecule has 0 aliphatic heterocycles. The monoisotopic (exact) mass is 369 g/mol. The zero-order valence-corrected chi connectivity index (χ0v) is 15.4. The maximum Gasteiger partial charge on any atom is 0.234 e. The van der Waals surface area contributed by atoms with E-state index in [0.717, 1.165) is 0 Å². The lowest BCUT2D eigenvalue weighted by Gasteiger charge is -2.09. The van der Waals surface area contributed by atoms with Gasteiger partial charge in [0.15, 0.2) is 5.76 Å². The van der Waals surface area contributed by atoms with Crippen molar-refractivity contribution in [3.8, 4) is 17.2 Å². The van der Waals surface area contributed by atoms with Crippen molar-refractivity contribution < 1.29 is 28.2 Å². The summed E-state index contributed by atoms with van der Waals surface area (Å²) in [6.07, 6.45) is 0. The number of hydrogen-bond donors (Lipinski definition) is 1. The molecule has 7 heteroatoms. The summed E-state index contributed by atoms with van der Waals surface area (Å²) in [5, 5.41) is 3.25. The number of hydrogen-bond acceptors (Lipinski definition) is 6. The molecule has 140 valence electrons. The fourth-order valence-corrected chi connectivity index (χ4v) is 2.78. The predicted molar refractivity (Wildman–Crippen MR) is 100 cm³/mol. The Balaban J connectivity index is 2.21. The van der Waals surface area contributed by atoms with Crippen molar-refractivity contribution in [1.29, 1.82) is 0 Å². The van der Waals surface area contributed by atoms with Gasteiger partial charge in [-0.15, -0.1) is 0 Å². The van der Waals surface area contributed by atoms with Crippen LogP contribution < -0.4 is 19.5 Å². The molecule has 27 heavy (non-hydrogen) atoms. The summed E-state index contributed by atoms with van der Waals surface area (Å²) < 4.78 is 21.5. The molecule has 0 atom stereocenters. The average molecular weight is 369 g/mol. The highest BCUT2D eigenvalue weighted by Crippen LogP contribution is 2.36. The quantitative estimate of drug-likeness (QED) is 0.668. The molecule has 3 rings (SSSR count). The molecule has 0 unspecified atom stereocenters. The number of ketones is 1. The van der Waals surface area contributed by atoms with Crippen LogP contribution in [0.2, 0.25) is 0 Å². The van der Waals surface area contributed by atoms with Gasteiger partial charge in [0.2, 0.25) is 11.7 Å². The van der Waals surface area contributed by atoms with Gasteiger partial charge in [0.25, 0.3) is 0 Å². The Morgan fingerprint density at radius 1 is 0.926 bits per heavy atom. The van der Waals surface area contributed by atoms with Crippen molar-refractivity contribution in [2.24, 2.45) is 0 Å². The molecule has 1 aromatic heterocycles. The number of furan rings is 1. The maximum absolute atomic E-state index is 13.2. The van der Waals surface area contributed by atoms with Crippen LogP contribution in [0.25, 0.3) is 11.0 Å². The first-order valence-corrected chi connectivity index (χ1v) is 8.13. The smallest absolute Gasteiger partial charge is 0.234 e. The molecular formula is C20H19NO6. The van der Waals surface area contributed by atoms with Gasteiger partial charge in [0.05, 0.1) is 32.6 Å². The number of methoxy groups -OCH3 is 3. The lowest BCUT2D eigenvalue weighted by molar-refractivity contribution is -0.114. The van der Waals surface area contributed by atoms with Crippen LogP contribution in [0.5, 0.6) is 17.2 Å². The molecule has 0 spiro atoms. The molecule has 1 N–H and O–H groups in total. The molecule has 0 saturated heterocycles. The average Bonchev–Trinajstić information content (AvgIpc) is 3.03. The lowest BCUT2D eigenvalue weighted by Crippen LogP contribution is -2.11. The molecular weight excluding hydrogens is 350 g/mol. The van der Waals surface area contributed by atoms with Crippen LogP contribution >= 0.6 is 0 Å². The number of fused-ring (bicyclic) bond motifs is 1. The summed E-state index contributed by atoms with van der Waals surface area (Å²) in [6, 6.07) is 9.97. The standard InChI is InChI=1S/C20H19NO6/c1-11(22)21-18-14-9-12(24-2)6-8-17(14)27-20(18)19(23)15-10-13(25-3)5-7-16(15)26-4/h5-10H,1-4H3,(H,21,22). The summed E-state index contributed by atoms with van der Waals surface area (Å²) >= 11 is 0. The number of ether oxygens (including phenoxy) is 3. The minimum absolute atomic E-state index is 0.00000567. The third kappa shape index (κ3) is 3.44. The molecule has 7 nitrogen and oxygen atoms in total. The first-order valence-electron chi connectivity index (χ1n) is 8.13. The number of amides is 1. The van der Waals surface area contributed by atoms with Crippen molar-refractivity contribution in [3.63, 3.8) is 0 Å². The highest BCUT2D eigenvalue weighted by Gasteiger charge is 2.26. The van der Waals surface area contributed by atoms with Gasteiger partial charge in [-0.05, 0) is 36.4 Å². The van der Waals surface area contributed by atoms with Crippen molar-refractivity contribution >= 4 is 28.3 Å². The first kappa shape index (κ1) is 18.3. The number of nitrogens with one attached hydrogen (secondary N) is 1. The SMILES string of the molecule is COc1ccc(OC)c(C(=O)c2oc3ccc(OC)cc3c2NC(C)=O)c1. The highest BCUT2D eigenvalue weighted by atomic mass is 16.5. The van der Waals surface area contributed by atoms with E-state index in [4.69, 9.17) is 18.6 Å². The molecule has 0 bridgehead atoms. The van der Waals surface area contributed by atoms with Gasteiger partial charge >= 0.3 is 0 Å². The van der Waals surface area contributed by atoms with Crippen LogP contribution in [0.1, 0.15) is 23.0 Å². The van der Waals surface area contributed by atoms with Gasteiger partial charge < -0.3 is 23.9 Å². The van der Waals surface area contributed by atoms with Crippen LogP contribution in [-0.4, -0.2) is 33.0 Å². The summed E-state index contributed by atoms with van der Waals surface area (Å²) in [4.78, 5) is 24.9. The van der Waals surface area contributed by atoms with Crippen molar-refractivity contribution in [3.05, 3.63) is 47.7 Å². The van der Waals surface area contributed by atoms with Crippen LogP contribution in [0.3, 0.4) is 0 Å². The van der Waals surface area contributed by atoms with E-state index < -0.39 is 5.78 Å². The van der Waals surface area contributed by atoms with E-state index >= 15 is 0 Å². The molecule has 0 saturated carbocycles. The largest absolute Gasteiger partial charge is 0.497 e. The Kier molecular flexibility index (Phi) is 5.03. The van der Waals surface area contributed by atoms with Gasteiger partial charge in [-0.25, -0.2) is 0 Å². The summed E-state index contributed by atoms with van der Waals surface area (Å²) in [5.41, 5.74) is 0.991. The first-order chi connectivity index (χ1) is 13.0. The highest BCUT2D eigenvalue weighted by molar-refractivity contribution is 6.18. The summed E-state index contributed by atoms with van der Waals surface area (Å²) in [7, 11) is 4.51. The van der Waals surface area contributed by atoms with Crippen molar-refractivity contribution in [2.75, 3.05) is 26.6 Å². The van der Waals surface area contributed by atoms with Crippen LogP contribution in [0, 0.1) is 0 Å². The van der Waals surface area contributed by atoms with Crippen LogP contribution in [0.4, 0.5) is 5.69 Å². The number of rotatable bonds is 6. The molecule has 0 fully saturated rings. The predicted octanol–water partition coefficient (Wildman–Crippen LogP) is 3.65. The lowest BCUT2D eigenvalue weighted by atomic mass is 10.1. The fraction of sp³-hybridized carbons (Fsp3) is 0.200. The number of carbonyl (C=O) groups is 2. The molecule has 2 aromatic carbocycles. The maximum atomic E-state index is 13.2. The molecule has 0 aliphatic rings. The molecule has 0 aliphatic carbocycles. The van der Waals surface area contributed by atoms with Crippen molar-refractivity contribution in [2.45, 2.75) is 6.92 Å². The molecule has 1 amide bonds. The van der Waals surface area contributed by atoms with Gasteiger partial charge in [-0.2, -0.15) is 0 Å². The van der Waals surface area contributed by atoms with Crippen LogP contribution in [0.15, 0.2) is 40.8 Å². The zero-order valence-electron chi connectivity index (χ0n) is 15.4. The molecule has 3 aromatic rings. The van der Waals surface area contributed by atoms with E-state index in [-0.39, 0.29) is 22.9 Å². The molecule has 0 radical (unpaired) electrons. The Hall–Kier alpha value is -3.48. The topological polar surface area (TPSA) is 87.0 Å². The Morgan fingerprint density at radius 2 is 1.59 bits per heavy atom. The van der Waals surface area contributed by atoms with Gasteiger partial charge in [0, 0.05) is 12.3 Å². The van der Waals surface area contributed by atoms with E-state index in [2.05, 4.69) is 5.32 Å². The number of benzene rings is 2. The van der Waals surface area contributed by atoms with Crippen LogP contribution in [-0.2, 0) is 4.79 Å². The summed E-state index contributed by atoms with van der Waals surface area (Å²) in [5.74, 6) is 0.676. The van der Waals surface area contributed by atoms with E-state index in [0.29, 0.717) is 28.2 Å². The fourth-order valence-electron chi connectivity index (χ4n) is 2.78. The van der Waals surface area contributed by atoms with E-state index in [1.807, 2.05) is 0 Å².